The van der Waals surface area contributed by atoms with Crippen LogP contribution < -0.4 is 5.32 Å². The summed E-state index contributed by atoms with van der Waals surface area (Å²) in [6, 6.07) is 5.30. The summed E-state index contributed by atoms with van der Waals surface area (Å²) in [5, 5.41) is 3.25. The summed E-state index contributed by atoms with van der Waals surface area (Å²) in [6.45, 7) is 4.29. The maximum absolute atomic E-state index is 13.2. The summed E-state index contributed by atoms with van der Waals surface area (Å²) < 4.78 is 13.7. The highest BCUT2D eigenvalue weighted by molar-refractivity contribution is 9.10. The summed E-state index contributed by atoms with van der Waals surface area (Å²) in [4.78, 5) is 2.46. The van der Waals surface area contributed by atoms with Crippen molar-refractivity contribution in [3.05, 3.63) is 34.1 Å². The molecule has 2 nitrogen and oxygen atoms in total. The lowest BCUT2D eigenvalue weighted by molar-refractivity contribution is 0.167. The van der Waals surface area contributed by atoms with Gasteiger partial charge in [0, 0.05) is 13.1 Å². The Morgan fingerprint density at radius 1 is 1.50 bits per heavy atom. The third kappa shape index (κ3) is 3.77. The van der Waals surface area contributed by atoms with Crippen LogP contribution in [0.1, 0.15) is 18.4 Å². The van der Waals surface area contributed by atoms with Gasteiger partial charge in [-0.1, -0.05) is 6.07 Å². The molecule has 1 aromatic carbocycles. The Morgan fingerprint density at radius 2 is 2.33 bits per heavy atom. The number of piperidine rings is 1. The fourth-order valence-corrected chi connectivity index (χ4v) is 3.07. The lowest BCUT2D eigenvalue weighted by atomic mass is 9.97. The summed E-state index contributed by atoms with van der Waals surface area (Å²) in [5.41, 5.74) is 1.17. The summed E-state index contributed by atoms with van der Waals surface area (Å²) in [6.07, 6.45) is 2.57. The molecule has 1 saturated heterocycles. The van der Waals surface area contributed by atoms with Gasteiger partial charge in [-0.05, 0) is 72.5 Å². The fraction of sp³-hybridized carbons (Fsp3) is 0.571. The third-order valence-electron chi connectivity index (χ3n) is 3.49. The van der Waals surface area contributed by atoms with Crippen LogP contribution in [0, 0.1) is 11.7 Å². The highest BCUT2D eigenvalue weighted by Gasteiger charge is 2.19. The minimum Gasteiger partial charge on any atom is -0.319 e. The van der Waals surface area contributed by atoms with E-state index in [0.29, 0.717) is 4.47 Å². The van der Waals surface area contributed by atoms with E-state index < -0.39 is 0 Å². The zero-order chi connectivity index (χ0) is 13.0. The molecule has 0 spiro atoms. The van der Waals surface area contributed by atoms with Gasteiger partial charge in [-0.25, -0.2) is 4.39 Å². The largest absolute Gasteiger partial charge is 0.319 e. The van der Waals surface area contributed by atoms with Crippen molar-refractivity contribution in [3.8, 4) is 0 Å². The molecule has 0 aromatic heterocycles. The Bertz CT molecular complexity index is 395. The molecule has 1 N–H and O–H groups in total. The zero-order valence-corrected chi connectivity index (χ0v) is 12.3. The van der Waals surface area contributed by atoms with E-state index >= 15 is 0 Å². The maximum atomic E-state index is 13.2. The Labute approximate surface area is 117 Å². The molecule has 1 aliphatic heterocycles. The molecular formula is C14H20BrFN2. The number of halogens is 2. The number of hydrogen-bond donors (Lipinski definition) is 1. The average Bonchev–Trinajstić information content (AvgIpc) is 2.35. The smallest absolute Gasteiger partial charge is 0.137 e. The molecule has 100 valence electrons. The van der Waals surface area contributed by atoms with Gasteiger partial charge in [0.2, 0.25) is 0 Å². The van der Waals surface area contributed by atoms with E-state index in [-0.39, 0.29) is 5.82 Å². The highest BCUT2D eigenvalue weighted by Crippen LogP contribution is 2.21. The van der Waals surface area contributed by atoms with Crippen LogP contribution in [0.25, 0.3) is 0 Å². The van der Waals surface area contributed by atoms with Gasteiger partial charge in [-0.2, -0.15) is 0 Å². The minimum atomic E-state index is -0.189. The van der Waals surface area contributed by atoms with Crippen LogP contribution in [0.3, 0.4) is 0 Å². The van der Waals surface area contributed by atoms with Gasteiger partial charge in [0.15, 0.2) is 0 Å². The first-order valence-electron chi connectivity index (χ1n) is 6.50. The predicted molar refractivity (Wildman–Crippen MR) is 76.0 cm³/mol. The number of nitrogens with zero attached hydrogens (tertiary/aromatic N) is 1. The van der Waals surface area contributed by atoms with Gasteiger partial charge in [-0.15, -0.1) is 0 Å². The third-order valence-corrected chi connectivity index (χ3v) is 4.09. The number of likely N-dealkylation sites (tertiary alicyclic amines) is 1. The van der Waals surface area contributed by atoms with Crippen LogP contribution in [-0.4, -0.2) is 31.6 Å². The van der Waals surface area contributed by atoms with Gasteiger partial charge < -0.3 is 5.32 Å². The molecule has 2 rings (SSSR count). The Balaban J connectivity index is 1.93. The van der Waals surface area contributed by atoms with Crippen LogP contribution in [-0.2, 0) is 6.54 Å². The molecule has 0 radical (unpaired) electrons. The lowest BCUT2D eigenvalue weighted by Crippen LogP contribution is -2.38. The Hall–Kier alpha value is -0.450. The topological polar surface area (TPSA) is 15.3 Å². The molecule has 0 amide bonds. The van der Waals surface area contributed by atoms with Gasteiger partial charge in [0.1, 0.15) is 5.82 Å². The molecule has 1 unspecified atom stereocenters. The lowest BCUT2D eigenvalue weighted by Gasteiger charge is -2.32. The molecule has 18 heavy (non-hydrogen) atoms. The molecule has 1 atom stereocenters. The molecule has 1 aromatic rings. The van der Waals surface area contributed by atoms with Gasteiger partial charge in [0.05, 0.1) is 4.47 Å². The SMILES string of the molecule is CNCC1CCCN(Cc2ccc(F)c(Br)c2)C1. The van der Waals surface area contributed by atoms with Crippen molar-refractivity contribution in [1.82, 2.24) is 10.2 Å². The number of benzene rings is 1. The van der Waals surface area contributed by atoms with Crippen molar-refractivity contribution in [2.24, 2.45) is 5.92 Å². The number of nitrogens with one attached hydrogen (secondary N) is 1. The molecule has 0 saturated carbocycles. The number of rotatable bonds is 4. The first-order chi connectivity index (χ1) is 8.69. The van der Waals surface area contributed by atoms with Gasteiger partial charge >= 0.3 is 0 Å². The molecule has 0 bridgehead atoms. The predicted octanol–water partition coefficient (Wildman–Crippen LogP) is 3.02. The number of hydrogen-bond acceptors (Lipinski definition) is 2. The standard InChI is InChI=1S/C14H20BrFN2/c1-17-8-12-3-2-6-18(10-12)9-11-4-5-14(16)13(15)7-11/h4-5,7,12,17H,2-3,6,8-10H2,1H3. The van der Waals surface area contributed by atoms with Crippen molar-refractivity contribution >= 4 is 15.9 Å². The Morgan fingerprint density at radius 3 is 3.06 bits per heavy atom. The second-order valence-electron chi connectivity index (χ2n) is 5.05. The maximum Gasteiger partial charge on any atom is 0.137 e. The van der Waals surface area contributed by atoms with E-state index in [2.05, 4.69) is 26.1 Å². The van der Waals surface area contributed by atoms with Crippen molar-refractivity contribution in [1.29, 1.82) is 0 Å². The monoisotopic (exact) mass is 314 g/mol. The second kappa shape index (κ2) is 6.64. The van der Waals surface area contributed by atoms with E-state index in [1.54, 1.807) is 0 Å². The van der Waals surface area contributed by atoms with Crippen LogP contribution in [0.2, 0.25) is 0 Å². The minimum absolute atomic E-state index is 0.189. The van der Waals surface area contributed by atoms with Crippen molar-refractivity contribution in [2.45, 2.75) is 19.4 Å². The van der Waals surface area contributed by atoms with E-state index in [4.69, 9.17) is 0 Å². The van der Waals surface area contributed by atoms with Crippen molar-refractivity contribution < 1.29 is 4.39 Å². The fourth-order valence-electron chi connectivity index (χ4n) is 2.65. The van der Waals surface area contributed by atoms with E-state index in [1.165, 1.54) is 24.5 Å². The highest BCUT2D eigenvalue weighted by atomic mass is 79.9. The first kappa shape index (κ1) is 14.0. The van der Waals surface area contributed by atoms with E-state index in [0.717, 1.165) is 32.1 Å². The average molecular weight is 315 g/mol. The summed E-state index contributed by atoms with van der Waals surface area (Å²) in [7, 11) is 2.01. The molecule has 0 aliphatic carbocycles. The van der Waals surface area contributed by atoms with Gasteiger partial charge in [0.25, 0.3) is 0 Å². The van der Waals surface area contributed by atoms with Crippen LogP contribution >= 0.6 is 15.9 Å². The van der Waals surface area contributed by atoms with E-state index in [1.807, 2.05) is 19.2 Å². The molecular weight excluding hydrogens is 295 g/mol. The first-order valence-corrected chi connectivity index (χ1v) is 7.29. The van der Waals surface area contributed by atoms with Crippen molar-refractivity contribution in [3.63, 3.8) is 0 Å². The van der Waals surface area contributed by atoms with Crippen molar-refractivity contribution in [2.75, 3.05) is 26.7 Å². The normalized spacial score (nSPS) is 21.2. The molecule has 4 heteroatoms. The van der Waals surface area contributed by atoms with Crippen LogP contribution in [0.5, 0.6) is 0 Å². The molecule has 1 aliphatic rings. The second-order valence-corrected chi connectivity index (χ2v) is 5.90. The summed E-state index contributed by atoms with van der Waals surface area (Å²) in [5.74, 6) is 0.554. The molecule has 1 heterocycles. The molecule has 1 fully saturated rings. The zero-order valence-electron chi connectivity index (χ0n) is 10.8. The van der Waals surface area contributed by atoms with Crippen LogP contribution in [0.15, 0.2) is 22.7 Å². The van der Waals surface area contributed by atoms with E-state index in [9.17, 15) is 4.39 Å². The summed E-state index contributed by atoms with van der Waals surface area (Å²) >= 11 is 3.24. The van der Waals surface area contributed by atoms with Crippen LogP contribution in [0.4, 0.5) is 4.39 Å². The van der Waals surface area contributed by atoms with Gasteiger partial charge in [-0.3, -0.25) is 4.90 Å². The quantitative estimate of drug-likeness (QED) is 0.919. The Kier molecular flexibility index (Phi) is 5.15.